The first-order valence-electron chi connectivity index (χ1n) is 6.29. The SMILES string of the molecule is O=C(Cn1nnn(-c2cccs2)c1=O)Nc1ccc(O)cc1. The van der Waals surface area contributed by atoms with E-state index in [1.807, 2.05) is 5.38 Å². The highest BCUT2D eigenvalue weighted by Gasteiger charge is 2.12. The molecule has 2 aromatic heterocycles. The molecule has 9 heteroatoms. The number of phenols is 1. The molecule has 0 aliphatic heterocycles. The summed E-state index contributed by atoms with van der Waals surface area (Å²) in [6.45, 7) is -0.245. The molecule has 22 heavy (non-hydrogen) atoms. The molecular formula is C13H11N5O3S. The summed E-state index contributed by atoms with van der Waals surface area (Å²) in [6.07, 6.45) is 0. The number of nitrogens with one attached hydrogen (secondary N) is 1. The molecule has 3 aromatic rings. The van der Waals surface area contributed by atoms with Crippen LogP contribution in [0.25, 0.3) is 5.00 Å². The van der Waals surface area contributed by atoms with E-state index in [0.717, 1.165) is 9.36 Å². The van der Waals surface area contributed by atoms with E-state index >= 15 is 0 Å². The number of tetrazole rings is 1. The van der Waals surface area contributed by atoms with Crippen molar-refractivity contribution >= 4 is 22.9 Å². The number of thiophene rings is 1. The minimum Gasteiger partial charge on any atom is -0.508 e. The van der Waals surface area contributed by atoms with Gasteiger partial charge in [-0.1, -0.05) is 0 Å². The van der Waals surface area contributed by atoms with Gasteiger partial charge in [-0.05, 0) is 52.2 Å². The number of hydrogen-bond donors (Lipinski definition) is 2. The zero-order valence-electron chi connectivity index (χ0n) is 11.2. The fourth-order valence-electron chi connectivity index (χ4n) is 1.78. The third-order valence-electron chi connectivity index (χ3n) is 2.80. The molecule has 0 spiro atoms. The largest absolute Gasteiger partial charge is 0.508 e. The van der Waals surface area contributed by atoms with Crippen LogP contribution in [-0.4, -0.2) is 30.8 Å². The quantitative estimate of drug-likeness (QED) is 0.694. The molecule has 3 rings (SSSR count). The second kappa shape index (κ2) is 5.82. The van der Waals surface area contributed by atoms with Gasteiger partial charge in [0.15, 0.2) is 0 Å². The Hall–Kier alpha value is -2.94. The van der Waals surface area contributed by atoms with Crippen LogP contribution in [-0.2, 0) is 11.3 Å². The Labute approximate surface area is 128 Å². The van der Waals surface area contributed by atoms with E-state index < -0.39 is 11.6 Å². The molecule has 1 aromatic carbocycles. The summed E-state index contributed by atoms with van der Waals surface area (Å²) in [5, 5.41) is 21.7. The summed E-state index contributed by atoms with van der Waals surface area (Å²) in [6, 6.07) is 9.55. The van der Waals surface area contributed by atoms with Gasteiger partial charge in [-0.2, -0.15) is 9.36 Å². The second-order valence-corrected chi connectivity index (χ2v) is 5.30. The smallest absolute Gasteiger partial charge is 0.369 e. The Morgan fingerprint density at radius 2 is 2.00 bits per heavy atom. The van der Waals surface area contributed by atoms with Gasteiger partial charge in [0.2, 0.25) is 5.91 Å². The zero-order chi connectivity index (χ0) is 15.5. The molecule has 1 amide bonds. The van der Waals surface area contributed by atoms with Gasteiger partial charge in [0.1, 0.15) is 17.3 Å². The highest BCUT2D eigenvalue weighted by Crippen LogP contribution is 2.13. The molecule has 0 unspecified atom stereocenters. The third-order valence-corrected chi connectivity index (χ3v) is 3.64. The summed E-state index contributed by atoms with van der Waals surface area (Å²) in [5.74, 6) is -0.306. The van der Waals surface area contributed by atoms with E-state index in [1.165, 1.54) is 23.5 Å². The maximum atomic E-state index is 12.1. The number of anilines is 1. The van der Waals surface area contributed by atoms with Gasteiger partial charge in [0.25, 0.3) is 0 Å². The van der Waals surface area contributed by atoms with E-state index in [0.29, 0.717) is 10.7 Å². The molecule has 112 valence electrons. The summed E-state index contributed by atoms with van der Waals surface area (Å²) in [5.41, 5.74) is 0.0322. The molecule has 0 fully saturated rings. The summed E-state index contributed by atoms with van der Waals surface area (Å²) in [7, 11) is 0. The van der Waals surface area contributed by atoms with Crippen LogP contribution < -0.4 is 11.0 Å². The standard InChI is InChI=1S/C13H11N5O3S/c19-10-5-3-9(4-6-10)14-11(20)8-17-13(21)18(16-15-17)12-2-1-7-22-12/h1-7,19H,8H2,(H,14,20). The molecule has 8 nitrogen and oxygen atoms in total. The number of amides is 1. The van der Waals surface area contributed by atoms with Crippen molar-refractivity contribution < 1.29 is 9.90 Å². The van der Waals surface area contributed by atoms with Crippen molar-refractivity contribution in [2.75, 3.05) is 5.32 Å². The first-order valence-corrected chi connectivity index (χ1v) is 7.17. The van der Waals surface area contributed by atoms with Gasteiger partial charge < -0.3 is 10.4 Å². The topological polar surface area (TPSA) is 102 Å². The van der Waals surface area contributed by atoms with Crippen molar-refractivity contribution in [1.82, 2.24) is 19.8 Å². The van der Waals surface area contributed by atoms with Gasteiger partial charge in [-0.25, -0.2) is 4.79 Å². The van der Waals surface area contributed by atoms with Gasteiger partial charge >= 0.3 is 5.69 Å². The average molecular weight is 317 g/mol. The Kier molecular flexibility index (Phi) is 3.71. The van der Waals surface area contributed by atoms with E-state index in [9.17, 15) is 14.7 Å². The Balaban J connectivity index is 1.72. The van der Waals surface area contributed by atoms with Crippen molar-refractivity contribution in [2.45, 2.75) is 6.54 Å². The molecular weight excluding hydrogens is 306 g/mol. The average Bonchev–Trinajstić information content (AvgIpc) is 3.12. The molecule has 0 atom stereocenters. The normalized spacial score (nSPS) is 10.5. The molecule has 0 bridgehead atoms. The fraction of sp³-hybridized carbons (Fsp3) is 0.0769. The van der Waals surface area contributed by atoms with Crippen molar-refractivity contribution in [3.8, 4) is 10.8 Å². The molecule has 0 aliphatic rings. The molecule has 0 saturated carbocycles. The number of carbonyl (C=O) groups excluding carboxylic acids is 1. The number of aromatic hydroxyl groups is 1. The Bertz CT molecular complexity index is 835. The molecule has 2 heterocycles. The maximum absolute atomic E-state index is 12.1. The second-order valence-electron chi connectivity index (χ2n) is 4.38. The molecule has 0 aliphatic carbocycles. The van der Waals surface area contributed by atoms with Crippen LogP contribution in [0.5, 0.6) is 5.75 Å². The van der Waals surface area contributed by atoms with E-state index in [4.69, 9.17) is 0 Å². The lowest BCUT2D eigenvalue weighted by Gasteiger charge is -2.04. The van der Waals surface area contributed by atoms with E-state index in [2.05, 4.69) is 15.7 Å². The van der Waals surface area contributed by atoms with Crippen molar-refractivity contribution in [3.05, 3.63) is 52.3 Å². The first-order chi connectivity index (χ1) is 10.6. The fourth-order valence-corrected chi connectivity index (χ4v) is 2.45. The third kappa shape index (κ3) is 2.88. The highest BCUT2D eigenvalue weighted by molar-refractivity contribution is 7.12. The Morgan fingerprint density at radius 3 is 2.68 bits per heavy atom. The Morgan fingerprint density at radius 1 is 1.23 bits per heavy atom. The zero-order valence-corrected chi connectivity index (χ0v) is 12.0. The van der Waals surface area contributed by atoms with Gasteiger partial charge in [-0.3, -0.25) is 4.79 Å². The van der Waals surface area contributed by atoms with Crippen molar-refractivity contribution in [2.24, 2.45) is 0 Å². The molecule has 2 N–H and O–H groups in total. The van der Waals surface area contributed by atoms with Crippen LogP contribution in [0, 0.1) is 0 Å². The van der Waals surface area contributed by atoms with E-state index in [1.54, 1.807) is 24.3 Å². The van der Waals surface area contributed by atoms with Crippen molar-refractivity contribution in [3.63, 3.8) is 0 Å². The predicted octanol–water partition coefficient (Wildman–Crippen LogP) is 0.835. The monoisotopic (exact) mass is 317 g/mol. The summed E-state index contributed by atoms with van der Waals surface area (Å²) < 4.78 is 2.12. The van der Waals surface area contributed by atoms with Gasteiger partial charge in [-0.15, -0.1) is 11.3 Å². The lowest BCUT2D eigenvalue weighted by atomic mass is 10.3. The maximum Gasteiger partial charge on any atom is 0.369 e. The minimum atomic E-state index is -0.483. The van der Waals surface area contributed by atoms with Crippen LogP contribution >= 0.6 is 11.3 Å². The number of phenolic OH excluding ortho intramolecular Hbond substituents is 1. The molecule has 0 saturated heterocycles. The van der Waals surface area contributed by atoms with Crippen molar-refractivity contribution in [1.29, 1.82) is 0 Å². The number of hydrogen-bond acceptors (Lipinski definition) is 6. The van der Waals surface area contributed by atoms with Crippen LogP contribution in [0.4, 0.5) is 5.69 Å². The lowest BCUT2D eigenvalue weighted by Crippen LogP contribution is -2.29. The number of benzene rings is 1. The van der Waals surface area contributed by atoms with Crippen LogP contribution in [0.15, 0.2) is 46.6 Å². The first kappa shape index (κ1) is 14.0. The minimum absolute atomic E-state index is 0.105. The van der Waals surface area contributed by atoms with Gasteiger partial charge in [0, 0.05) is 5.69 Å². The van der Waals surface area contributed by atoms with Crippen LogP contribution in [0.3, 0.4) is 0 Å². The van der Waals surface area contributed by atoms with E-state index in [-0.39, 0.29) is 12.3 Å². The number of rotatable bonds is 4. The summed E-state index contributed by atoms with van der Waals surface area (Å²) in [4.78, 5) is 24.0. The number of carbonyl (C=O) groups is 1. The lowest BCUT2D eigenvalue weighted by molar-refractivity contribution is -0.117. The van der Waals surface area contributed by atoms with Gasteiger partial charge in [0.05, 0.1) is 0 Å². The molecule has 0 radical (unpaired) electrons. The highest BCUT2D eigenvalue weighted by atomic mass is 32.1. The van der Waals surface area contributed by atoms with Crippen LogP contribution in [0.1, 0.15) is 0 Å². The number of nitrogens with zero attached hydrogens (tertiary/aromatic N) is 4. The van der Waals surface area contributed by atoms with Crippen LogP contribution in [0.2, 0.25) is 0 Å². The predicted molar refractivity (Wildman–Crippen MR) is 80.2 cm³/mol. The number of aromatic nitrogens is 4. The summed E-state index contributed by atoms with van der Waals surface area (Å²) >= 11 is 1.35.